The third-order valence-electron chi connectivity index (χ3n) is 1.31. The molecule has 0 aromatic rings. The van der Waals surface area contributed by atoms with Crippen molar-refractivity contribution in [3.63, 3.8) is 0 Å². The molecule has 0 unspecified atom stereocenters. The van der Waals surface area contributed by atoms with Crippen LogP contribution in [0, 0.1) is 5.92 Å². The van der Waals surface area contributed by atoms with Crippen molar-refractivity contribution in [1.29, 1.82) is 0 Å². The summed E-state index contributed by atoms with van der Waals surface area (Å²) in [5.41, 5.74) is 0. The van der Waals surface area contributed by atoms with Gasteiger partial charge >= 0.3 is 0 Å². The monoisotopic (exact) mass is 207 g/mol. The van der Waals surface area contributed by atoms with Crippen molar-refractivity contribution in [3.8, 4) is 0 Å². The van der Waals surface area contributed by atoms with Gasteiger partial charge in [0.05, 0.1) is 6.61 Å². The molecule has 10 heavy (non-hydrogen) atoms. The smallest absolute Gasteiger partial charge is 0.185 e. The van der Waals surface area contributed by atoms with Gasteiger partial charge in [-0.1, -0.05) is 13.8 Å². The third kappa shape index (κ3) is 2.69. The van der Waals surface area contributed by atoms with Crippen LogP contribution < -0.4 is 0 Å². The lowest BCUT2D eigenvalue weighted by Gasteiger charge is -2.15. The minimum atomic E-state index is 0. The molecule has 0 fully saturated rings. The van der Waals surface area contributed by atoms with Crippen LogP contribution in [-0.2, 0) is 4.74 Å². The van der Waals surface area contributed by atoms with E-state index in [0.29, 0.717) is 5.92 Å². The van der Waals surface area contributed by atoms with E-state index in [-0.39, 0.29) is 17.0 Å². The first kappa shape index (κ1) is 9.95. The molecule has 1 aliphatic heterocycles. The van der Waals surface area contributed by atoms with Gasteiger partial charge in [0.2, 0.25) is 0 Å². The van der Waals surface area contributed by atoms with E-state index >= 15 is 0 Å². The molecule has 0 amide bonds. The molecule has 0 saturated heterocycles. The Kier molecular flexibility index (Phi) is 4.69. The molecule has 60 valence electrons. The maximum Gasteiger partial charge on any atom is 0.185 e. The van der Waals surface area contributed by atoms with E-state index in [1.165, 1.54) is 0 Å². The van der Waals surface area contributed by atoms with Gasteiger partial charge in [-0.2, -0.15) is 0 Å². The Hall–Kier alpha value is -0.0500. The van der Waals surface area contributed by atoms with Gasteiger partial charge in [-0.15, -0.1) is 17.0 Å². The number of ether oxygens (including phenoxy) is 1. The van der Waals surface area contributed by atoms with Crippen molar-refractivity contribution < 1.29 is 4.74 Å². The van der Waals surface area contributed by atoms with Crippen LogP contribution in [0.3, 0.4) is 0 Å². The molecular weight excluding hydrogens is 194 g/mol. The second-order valence-electron chi connectivity index (χ2n) is 2.58. The fourth-order valence-electron chi connectivity index (χ4n) is 0.825. The Labute approximate surface area is 72.4 Å². The zero-order valence-corrected chi connectivity index (χ0v) is 8.18. The van der Waals surface area contributed by atoms with Gasteiger partial charge in [-0.3, -0.25) is 4.99 Å². The van der Waals surface area contributed by atoms with Crippen LogP contribution >= 0.6 is 17.0 Å². The van der Waals surface area contributed by atoms with Crippen LogP contribution in [0.5, 0.6) is 0 Å². The molecule has 3 heteroatoms. The Bertz CT molecular complexity index is 123. The van der Waals surface area contributed by atoms with Crippen molar-refractivity contribution >= 4 is 22.9 Å². The van der Waals surface area contributed by atoms with Crippen molar-refractivity contribution in [1.82, 2.24) is 0 Å². The third-order valence-corrected chi connectivity index (χ3v) is 1.31. The molecule has 1 aliphatic rings. The van der Waals surface area contributed by atoms with Gasteiger partial charge in [0, 0.05) is 18.9 Å². The van der Waals surface area contributed by atoms with E-state index in [1.807, 2.05) is 0 Å². The van der Waals surface area contributed by atoms with E-state index < -0.39 is 0 Å². The predicted octanol–water partition coefficient (Wildman–Crippen LogP) is 2.04. The van der Waals surface area contributed by atoms with Crippen LogP contribution in [0.25, 0.3) is 0 Å². The highest BCUT2D eigenvalue weighted by molar-refractivity contribution is 8.93. The molecule has 1 rings (SSSR count). The first-order valence-corrected chi connectivity index (χ1v) is 3.48. The van der Waals surface area contributed by atoms with E-state index in [2.05, 4.69) is 18.8 Å². The van der Waals surface area contributed by atoms with Crippen LogP contribution in [0.4, 0.5) is 0 Å². The number of hydrogen-bond acceptors (Lipinski definition) is 2. The Morgan fingerprint density at radius 1 is 1.50 bits per heavy atom. The second-order valence-corrected chi connectivity index (χ2v) is 2.58. The average molecular weight is 208 g/mol. The summed E-state index contributed by atoms with van der Waals surface area (Å²) in [5.74, 6) is 1.39. The molecule has 1 heterocycles. The van der Waals surface area contributed by atoms with Crippen LogP contribution in [-0.4, -0.2) is 19.0 Å². The molecular formula is C7H14BrNO. The first-order chi connectivity index (χ1) is 4.30. The molecule has 0 radical (unpaired) electrons. The summed E-state index contributed by atoms with van der Waals surface area (Å²) >= 11 is 0. The van der Waals surface area contributed by atoms with E-state index in [4.69, 9.17) is 4.74 Å². The standard InChI is InChI=1S/C7H13NO.BrH/c1-6(2)7-8-4-3-5-9-7;/h6H,3-5H2,1-2H3;1H. The molecule has 0 aromatic heterocycles. The summed E-state index contributed by atoms with van der Waals surface area (Å²) < 4.78 is 5.29. The van der Waals surface area contributed by atoms with Crippen molar-refractivity contribution in [2.24, 2.45) is 10.9 Å². The largest absolute Gasteiger partial charge is 0.481 e. The Morgan fingerprint density at radius 2 is 2.20 bits per heavy atom. The van der Waals surface area contributed by atoms with Gasteiger partial charge in [0.1, 0.15) is 0 Å². The number of nitrogens with zero attached hydrogens (tertiary/aromatic N) is 1. The van der Waals surface area contributed by atoms with E-state index in [9.17, 15) is 0 Å². The van der Waals surface area contributed by atoms with Crippen molar-refractivity contribution in [2.45, 2.75) is 20.3 Å². The highest BCUT2D eigenvalue weighted by Gasteiger charge is 2.08. The molecule has 0 bridgehead atoms. The van der Waals surface area contributed by atoms with E-state index in [1.54, 1.807) is 0 Å². The quantitative estimate of drug-likeness (QED) is 0.646. The zero-order valence-electron chi connectivity index (χ0n) is 6.46. The normalized spacial score (nSPS) is 17.3. The lowest BCUT2D eigenvalue weighted by molar-refractivity contribution is 0.264. The highest BCUT2D eigenvalue weighted by Crippen LogP contribution is 2.04. The minimum absolute atomic E-state index is 0. The van der Waals surface area contributed by atoms with Gasteiger partial charge < -0.3 is 4.74 Å². The maximum absolute atomic E-state index is 5.29. The van der Waals surface area contributed by atoms with Crippen LogP contribution in [0.15, 0.2) is 4.99 Å². The minimum Gasteiger partial charge on any atom is -0.481 e. The molecule has 0 N–H and O–H groups in total. The lowest BCUT2D eigenvalue weighted by Crippen LogP contribution is -2.18. The molecule has 0 spiro atoms. The maximum atomic E-state index is 5.29. The highest BCUT2D eigenvalue weighted by atomic mass is 79.9. The molecule has 0 aliphatic carbocycles. The molecule has 2 nitrogen and oxygen atoms in total. The number of halogens is 1. The van der Waals surface area contributed by atoms with Crippen molar-refractivity contribution in [2.75, 3.05) is 13.2 Å². The summed E-state index contributed by atoms with van der Waals surface area (Å²) in [6.45, 7) is 6.01. The SMILES string of the molecule is Br.CC(C)C1=NCCCO1. The van der Waals surface area contributed by atoms with Crippen LogP contribution in [0.1, 0.15) is 20.3 Å². The van der Waals surface area contributed by atoms with Gasteiger partial charge in [0.25, 0.3) is 0 Å². The molecule has 0 aromatic carbocycles. The lowest BCUT2D eigenvalue weighted by atomic mass is 10.2. The first-order valence-electron chi connectivity index (χ1n) is 3.48. The Balaban J connectivity index is 0.000000810. The average Bonchev–Trinajstić information content (AvgIpc) is 1.90. The summed E-state index contributed by atoms with van der Waals surface area (Å²) in [7, 11) is 0. The second kappa shape index (κ2) is 4.72. The number of aliphatic imine (C=N–C) groups is 1. The summed E-state index contributed by atoms with van der Waals surface area (Å²) in [6.07, 6.45) is 1.08. The summed E-state index contributed by atoms with van der Waals surface area (Å²) in [5, 5.41) is 0. The molecule has 0 atom stereocenters. The summed E-state index contributed by atoms with van der Waals surface area (Å²) in [6, 6.07) is 0. The van der Waals surface area contributed by atoms with Gasteiger partial charge in [-0.25, -0.2) is 0 Å². The van der Waals surface area contributed by atoms with Gasteiger partial charge in [-0.05, 0) is 0 Å². The fourth-order valence-corrected chi connectivity index (χ4v) is 0.825. The van der Waals surface area contributed by atoms with Gasteiger partial charge in [0.15, 0.2) is 5.90 Å². The fraction of sp³-hybridized carbons (Fsp3) is 0.857. The van der Waals surface area contributed by atoms with Crippen molar-refractivity contribution in [3.05, 3.63) is 0 Å². The topological polar surface area (TPSA) is 21.6 Å². The zero-order chi connectivity index (χ0) is 6.69. The number of hydrogen-bond donors (Lipinski definition) is 0. The summed E-state index contributed by atoms with van der Waals surface area (Å²) in [4.78, 5) is 4.22. The van der Waals surface area contributed by atoms with Crippen LogP contribution in [0.2, 0.25) is 0 Å². The predicted molar refractivity (Wildman–Crippen MR) is 48.0 cm³/mol. The molecule has 0 saturated carbocycles. The Morgan fingerprint density at radius 3 is 2.50 bits per heavy atom. The van der Waals surface area contributed by atoms with E-state index in [0.717, 1.165) is 25.5 Å². The number of rotatable bonds is 1.